The Morgan fingerprint density at radius 3 is 2.76 bits per heavy atom. The summed E-state index contributed by atoms with van der Waals surface area (Å²) in [6.07, 6.45) is 3.18. The lowest BCUT2D eigenvalue weighted by Crippen LogP contribution is -2.32. The lowest BCUT2D eigenvalue weighted by molar-refractivity contribution is -0.00573. The van der Waals surface area contributed by atoms with Crippen molar-refractivity contribution < 1.29 is 23.4 Å². The maximum Gasteiger partial charge on any atom is 0.266 e. The Hall–Kier alpha value is -0.780. The van der Waals surface area contributed by atoms with Crippen molar-refractivity contribution in [3.8, 4) is 0 Å². The van der Waals surface area contributed by atoms with Gasteiger partial charge in [-0.05, 0) is 25.8 Å². The van der Waals surface area contributed by atoms with Crippen molar-refractivity contribution in [2.75, 3.05) is 20.3 Å². The van der Waals surface area contributed by atoms with Crippen LogP contribution >= 0.6 is 0 Å². The number of alkyl halides is 2. The molecule has 0 saturated carbocycles. The van der Waals surface area contributed by atoms with Gasteiger partial charge in [-0.1, -0.05) is 24.6 Å². The molecule has 1 N–H and O–H groups in total. The molecule has 0 fully saturated rings. The van der Waals surface area contributed by atoms with E-state index in [-0.39, 0.29) is 12.3 Å². The fourth-order valence-electron chi connectivity index (χ4n) is 2.34. The molecule has 0 unspecified atom stereocenters. The van der Waals surface area contributed by atoms with Gasteiger partial charge >= 0.3 is 0 Å². The summed E-state index contributed by atoms with van der Waals surface area (Å²) < 4.78 is 38.0. The lowest BCUT2D eigenvalue weighted by atomic mass is 9.96. The van der Waals surface area contributed by atoms with Crippen molar-refractivity contribution in [1.82, 2.24) is 0 Å². The van der Waals surface area contributed by atoms with E-state index in [9.17, 15) is 13.9 Å². The van der Waals surface area contributed by atoms with Crippen LogP contribution in [0.5, 0.6) is 0 Å². The Morgan fingerprint density at radius 2 is 2.10 bits per heavy atom. The molecule has 0 amide bonds. The van der Waals surface area contributed by atoms with Crippen LogP contribution in [0, 0.1) is 5.92 Å². The number of aliphatic hydroxyl groups excluding tert-OH is 1. The highest BCUT2D eigenvalue weighted by Gasteiger charge is 2.27. The summed E-state index contributed by atoms with van der Waals surface area (Å²) in [5.41, 5.74) is 1.02. The lowest BCUT2D eigenvalue weighted by Gasteiger charge is -2.24. The molecule has 0 radical (unpaired) electrons. The molecule has 5 heteroatoms. The van der Waals surface area contributed by atoms with Gasteiger partial charge in [0, 0.05) is 26.1 Å². The molecule has 1 rings (SSSR count). The first-order valence-corrected chi connectivity index (χ1v) is 7.39. The molecule has 3 atom stereocenters. The number of rotatable bonds is 1. The highest BCUT2D eigenvalue weighted by atomic mass is 19.3. The summed E-state index contributed by atoms with van der Waals surface area (Å²) in [6, 6.07) is 0. The number of ether oxygens (including phenoxy) is 2. The van der Waals surface area contributed by atoms with E-state index in [1.165, 1.54) is 13.2 Å². The van der Waals surface area contributed by atoms with Gasteiger partial charge in [0.15, 0.2) is 0 Å². The van der Waals surface area contributed by atoms with E-state index in [2.05, 4.69) is 0 Å². The second-order valence-corrected chi connectivity index (χ2v) is 5.69. The maximum absolute atomic E-state index is 13.7. The number of methoxy groups -OCH3 is 1. The number of halogens is 2. The standard InChI is InChI=1S/C16H26F2O3/c1-12-10-13(2)15(19)14(20-3)6-8-16(17,18)7-4-5-9-21-11-12/h6,8,10,13-15,19H,4-5,7,9,11H2,1-3H3/b8-6?,12-10-/t13-,14+,15+/m1/s1. The molecule has 3 nitrogen and oxygen atoms in total. The number of allylic oxidation sites excluding steroid dienone is 1. The van der Waals surface area contributed by atoms with Crippen LogP contribution in [0.25, 0.3) is 0 Å². The fourth-order valence-corrected chi connectivity index (χ4v) is 2.34. The minimum Gasteiger partial charge on any atom is -0.389 e. The quantitative estimate of drug-likeness (QED) is 0.755. The average Bonchev–Trinajstić information content (AvgIpc) is 2.42. The van der Waals surface area contributed by atoms with Gasteiger partial charge in [0.1, 0.15) is 6.10 Å². The SMILES string of the molecule is CO[C@H]1C=CC(F)(F)CCCCOC/C(C)=C\[C@@H](C)[C@@H]1O. The molecular formula is C16H26F2O3. The van der Waals surface area contributed by atoms with Gasteiger partial charge in [-0.25, -0.2) is 8.78 Å². The summed E-state index contributed by atoms with van der Waals surface area (Å²) in [5.74, 6) is -3.09. The van der Waals surface area contributed by atoms with Crippen LogP contribution in [-0.4, -0.2) is 43.6 Å². The molecule has 0 spiro atoms. The van der Waals surface area contributed by atoms with E-state index in [0.717, 1.165) is 11.6 Å². The predicted octanol–water partition coefficient (Wildman–Crippen LogP) is 3.34. The van der Waals surface area contributed by atoms with Crippen LogP contribution in [0.15, 0.2) is 23.8 Å². The van der Waals surface area contributed by atoms with Gasteiger partial charge in [0.05, 0.1) is 12.7 Å². The molecule has 0 aromatic heterocycles. The van der Waals surface area contributed by atoms with Crippen molar-refractivity contribution in [3.63, 3.8) is 0 Å². The molecule has 122 valence electrons. The first-order valence-electron chi connectivity index (χ1n) is 7.39. The van der Waals surface area contributed by atoms with Gasteiger partial charge in [-0.15, -0.1) is 0 Å². The molecule has 1 aliphatic rings. The molecule has 0 saturated heterocycles. The van der Waals surface area contributed by atoms with Crippen LogP contribution in [0.1, 0.15) is 33.1 Å². The fraction of sp³-hybridized carbons (Fsp3) is 0.750. The van der Waals surface area contributed by atoms with E-state index < -0.39 is 18.1 Å². The summed E-state index contributed by atoms with van der Waals surface area (Å²) in [4.78, 5) is 0. The third-order valence-corrected chi connectivity index (χ3v) is 3.60. The summed E-state index contributed by atoms with van der Waals surface area (Å²) in [7, 11) is 1.41. The van der Waals surface area contributed by atoms with Gasteiger partial charge in [0.2, 0.25) is 0 Å². The van der Waals surface area contributed by atoms with Gasteiger partial charge < -0.3 is 14.6 Å². The van der Waals surface area contributed by atoms with Crippen LogP contribution in [0.3, 0.4) is 0 Å². The summed E-state index contributed by atoms with van der Waals surface area (Å²) in [5, 5.41) is 10.2. The first kappa shape index (κ1) is 18.3. The van der Waals surface area contributed by atoms with Crippen molar-refractivity contribution in [2.45, 2.75) is 51.2 Å². The van der Waals surface area contributed by atoms with E-state index >= 15 is 0 Å². The van der Waals surface area contributed by atoms with Gasteiger partial charge in [0.25, 0.3) is 5.92 Å². The normalized spacial score (nSPS) is 34.8. The molecule has 0 bridgehead atoms. The van der Waals surface area contributed by atoms with Crippen LogP contribution in [0.2, 0.25) is 0 Å². The zero-order chi connectivity index (χ0) is 15.9. The van der Waals surface area contributed by atoms with Crippen LogP contribution < -0.4 is 0 Å². The molecule has 0 aromatic rings. The topological polar surface area (TPSA) is 38.7 Å². The van der Waals surface area contributed by atoms with Crippen LogP contribution in [-0.2, 0) is 9.47 Å². The molecule has 1 aliphatic heterocycles. The highest BCUT2D eigenvalue weighted by Crippen LogP contribution is 2.25. The largest absolute Gasteiger partial charge is 0.389 e. The second kappa shape index (κ2) is 8.61. The summed E-state index contributed by atoms with van der Waals surface area (Å²) in [6.45, 7) is 4.70. The van der Waals surface area contributed by atoms with Crippen molar-refractivity contribution >= 4 is 0 Å². The van der Waals surface area contributed by atoms with E-state index in [0.29, 0.717) is 26.1 Å². The predicted molar refractivity (Wildman–Crippen MR) is 78.5 cm³/mol. The number of hydrogen-bond acceptors (Lipinski definition) is 3. The Bertz CT molecular complexity index is 367. The van der Waals surface area contributed by atoms with E-state index in [4.69, 9.17) is 9.47 Å². The van der Waals surface area contributed by atoms with Gasteiger partial charge in [-0.2, -0.15) is 0 Å². The average molecular weight is 304 g/mol. The van der Waals surface area contributed by atoms with Crippen molar-refractivity contribution in [2.24, 2.45) is 5.92 Å². The Morgan fingerprint density at radius 1 is 1.38 bits per heavy atom. The minimum atomic E-state index is -2.88. The Kier molecular flexibility index (Phi) is 7.49. The maximum atomic E-state index is 13.7. The Labute approximate surface area is 125 Å². The van der Waals surface area contributed by atoms with Crippen molar-refractivity contribution in [1.29, 1.82) is 0 Å². The minimum absolute atomic E-state index is 0.209. The molecule has 0 aliphatic carbocycles. The van der Waals surface area contributed by atoms with E-state index in [1.54, 1.807) is 0 Å². The number of hydrogen-bond donors (Lipinski definition) is 1. The summed E-state index contributed by atoms with van der Waals surface area (Å²) >= 11 is 0. The Balaban J connectivity index is 2.89. The zero-order valence-electron chi connectivity index (χ0n) is 13.0. The zero-order valence-corrected chi connectivity index (χ0v) is 13.0. The number of aliphatic hydroxyl groups is 1. The first-order chi connectivity index (χ1) is 9.85. The molecule has 0 aromatic carbocycles. The van der Waals surface area contributed by atoms with Crippen LogP contribution in [0.4, 0.5) is 8.78 Å². The van der Waals surface area contributed by atoms with Gasteiger partial charge in [-0.3, -0.25) is 0 Å². The molecule has 1 heterocycles. The molecular weight excluding hydrogens is 278 g/mol. The third-order valence-electron chi connectivity index (χ3n) is 3.60. The van der Waals surface area contributed by atoms with E-state index in [1.807, 2.05) is 19.9 Å². The smallest absolute Gasteiger partial charge is 0.266 e. The highest BCUT2D eigenvalue weighted by molar-refractivity contribution is 5.07. The molecule has 21 heavy (non-hydrogen) atoms. The van der Waals surface area contributed by atoms with Crippen molar-refractivity contribution in [3.05, 3.63) is 23.8 Å². The monoisotopic (exact) mass is 304 g/mol. The second-order valence-electron chi connectivity index (χ2n) is 5.69. The third kappa shape index (κ3) is 6.68.